The smallest absolute Gasteiger partial charge is 0.179 e. The molecule has 3 rings (SSSR count). The Hall–Kier alpha value is -1.97. The van der Waals surface area contributed by atoms with Gasteiger partial charge in [0, 0.05) is 17.9 Å². The van der Waals surface area contributed by atoms with Crippen LogP contribution in [-0.4, -0.2) is 25.0 Å². The van der Waals surface area contributed by atoms with E-state index in [1.807, 2.05) is 12.1 Å². The van der Waals surface area contributed by atoms with Crippen molar-refractivity contribution in [1.29, 1.82) is 0 Å². The van der Waals surface area contributed by atoms with Gasteiger partial charge in [-0.2, -0.15) is 0 Å². The summed E-state index contributed by atoms with van der Waals surface area (Å²) < 4.78 is 10.6. The fraction of sp³-hybridized carbons (Fsp3) is 0.400. The number of benzene rings is 1. The molecule has 0 saturated heterocycles. The van der Waals surface area contributed by atoms with Crippen molar-refractivity contribution in [3.63, 3.8) is 0 Å². The van der Waals surface area contributed by atoms with E-state index in [2.05, 4.69) is 11.9 Å². The summed E-state index contributed by atoms with van der Waals surface area (Å²) in [5.41, 5.74) is 2.80. The summed E-state index contributed by atoms with van der Waals surface area (Å²) in [5.74, 6) is 1.96. The van der Waals surface area contributed by atoms with Crippen LogP contribution in [0.1, 0.15) is 29.4 Å². The van der Waals surface area contributed by atoms with Gasteiger partial charge in [0.15, 0.2) is 17.3 Å². The Morgan fingerprint density at radius 1 is 1.16 bits per heavy atom. The zero-order valence-corrected chi connectivity index (χ0v) is 11.4. The number of ketones is 1. The number of methoxy groups -OCH3 is 2. The van der Waals surface area contributed by atoms with Crippen molar-refractivity contribution < 1.29 is 14.3 Å². The van der Waals surface area contributed by atoms with Gasteiger partial charge in [0.05, 0.1) is 25.4 Å². The van der Waals surface area contributed by atoms with Crippen molar-refractivity contribution in [1.82, 2.24) is 4.98 Å². The van der Waals surface area contributed by atoms with Crippen LogP contribution in [0.3, 0.4) is 0 Å². The van der Waals surface area contributed by atoms with E-state index in [1.165, 1.54) is 0 Å². The highest BCUT2D eigenvalue weighted by Crippen LogP contribution is 2.37. The number of H-pyrrole nitrogens is 1. The molecule has 1 aliphatic carbocycles. The van der Waals surface area contributed by atoms with Crippen LogP contribution >= 0.6 is 0 Å². The summed E-state index contributed by atoms with van der Waals surface area (Å²) in [5, 5.41) is 1.06. The maximum atomic E-state index is 12.1. The highest BCUT2D eigenvalue weighted by atomic mass is 16.5. The fourth-order valence-corrected chi connectivity index (χ4v) is 2.87. The first-order chi connectivity index (χ1) is 9.13. The summed E-state index contributed by atoms with van der Waals surface area (Å²) in [6.45, 7) is 2.11. The molecule has 1 heterocycles. The minimum Gasteiger partial charge on any atom is -0.493 e. The molecular formula is C15H17NO3. The van der Waals surface area contributed by atoms with Crippen LogP contribution in [0.5, 0.6) is 11.5 Å². The van der Waals surface area contributed by atoms with Gasteiger partial charge in [-0.25, -0.2) is 0 Å². The lowest BCUT2D eigenvalue weighted by atomic mass is 9.87. The van der Waals surface area contributed by atoms with Gasteiger partial charge in [0.2, 0.25) is 0 Å². The molecule has 0 saturated carbocycles. The Kier molecular flexibility index (Phi) is 2.73. The van der Waals surface area contributed by atoms with Crippen LogP contribution in [0, 0.1) is 5.92 Å². The standard InChI is InChI=1S/C15H17NO3/c1-8-4-10-9-6-13(18-2)14(19-3)7-11(9)16-15(10)12(17)5-8/h6-8,16H,4-5H2,1-3H3. The first kappa shape index (κ1) is 12.1. The number of Topliss-reactive ketones (excluding diaryl/α,β-unsaturated/α-hetero) is 1. The van der Waals surface area contributed by atoms with E-state index in [0.29, 0.717) is 23.8 Å². The van der Waals surface area contributed by atoms with E-state index in [1.54, 1.807) is 14.2 Å². The molecule has 19 heavy (non-hydrogen) atoms. The lowest BCUT2D eigenvalue weighted by molar-refractivity contribution is 0.0949. The summed E-state index contributed by atoms with van der Waals surface area (Å²) >= 11 is 0. The summed E-state index contributed by atoms with van der Waals surface area (Å²) in [7, 11) is 3.23. The van der Waals surface area contributed by atoms with Crippen molar-refractivity contribution in [3.8, 4) is 11.5 Å². The summed E-state index contributed by atoms with van der Waals surface area (Å²) in [6, 6.07) is 3.85. The SMILES string of the molecule is COc1cc2[nH]c3c(c2cc1OC)CC(C)CC3=O. The number of fused-ring (bicyclic) bond motifs is 3. The third kappa shape index (κ3) is 1.79. The largest absolute Gasteiger partial charge is 0.493 e. The Morgan fingerprint density at radius 3 is 2.53 bits per heavy atom. The molecule has 0 amide bonds. The number of ether oxygens (including phenoxy) is 2. The number of hydrogen-bond donors (Lipinski definition) is 1. The van der Waals surface area contributed by atoms with Gasteiger partial charge >= 0.3 is 0 Å². The molecule has 4 heteroatoms. The van der Waals surface area contributed by atoms with Gasteiger partial charge in [-0.15, -0.1) is 0 Å². The minimum atomic E-state index is 0.197. The molecule has 4 nitrogen and oxygen atoms in total. The monoisotopic (exact) mass is 259 g/mol. The first-order valence-electron chi connectivity index (χ1n) is 6.43. The normalized spacial score (nSPS) is 18.5. The average Bonchev–Trinajstić information content (AvgIpc) is 2.75. The van der Waals surface area contributed by atoms with Gasteiger partial charge in [0.1, 0.15) is 0 Å². The molecule has 0 fully saturated rings. The molecule has 0 radical (unpaired) electrons. The molecule has 0 aliphatic heterocycles. The average molecular weight is 259 g/mol. The topological polar surface area (TPSA) is 51.3 Å². The van der Waals surface area contributed by atoms with Gasteiger partial charge in [-0.1, -0.05) is 6.92 Å². The highest BCUT2D eigenvalue weighted by molar-refractivity contribution is 6.04. The molecule has 1 aromatic carbocycles. The fourth-order valence-electron chi connectivity index (χ4n) is 2.87. The predicted octanol–water partition coefficient (Wildman–Crippen LogP) is 2.95. The first-order valence-corrected chi connectivity index (χ1v) is 6.43. The number of nitrogens with one attached hydrogen (secondary N) is 1. The molecule has 1 unspecified atom stereocenters. The highest BCUT2D eigenvalue weighted by Gasteiger charge is 2.26. The zero-order chi connectivity index (χ0) is 13.6. The quantitative estimate of drug-likeness (QED) is 0.902. The van der Waals surface area contributed by atoms with Crippen molar-refractivity contribution in [2.75, 3.05) is 14.2 Å². The molecule has 1 aromatic heterocycles. The minimum absolute atomic E-state index is 0.197. The zero-order valence-electron chi connectivity index (χ0n) is 11.4. The molecule has 0 spiro atoms. The summed E-state index contributed by atoms with van der Waals surface area (Å²) in [4.78, 5) is 15.3. The van der Waals surface area contributed by atoms with Crippen LogP contribution < -0.4 is 9.47 Å². The van der Waals surface area contributed by atoms with Crippen LogP contribution in [0.4, 0.5) is 0 Å². The molecular weight excluding hydrogens is 242 g/mol. The van der Waals surface area contributed by atoms with Gasteiger partial charge in [-0.3, -0.25) is 4.79 Å². The van der Waals surface area contributed by atoms with Crippen LogP contribution in [-0.2, 0) is 6.42 Å². The number of carbonyl (C=O) groups excluding carboxylic acids is 1. The number of carbonyl (C=O) groups is 1. The van der Waals surface area contributed by atoms with Crippen LogP contribution in [0.15, 0.2) is 12.1 Å². The van der Waals surface area contributed by atoms with Crippen molar-refractivity contribution in [2.24, 2.45) is 5.92 Å². The Bertz CT molecular complexity index is 657. The lowest BCUT2D eigenvalue weighted by Crippen LogP contribution is -2.17. The number of hydrogen-bond acceptors (Lipinski definition) is 3. The van der Waals surface area contributed by atoms with E-state index in [0.717, 1.165) is 28.6 Å². The van der Waals surface area contributed by atoms with Gasteiger partial charge < -0.3 is 14.5 Å². The molecule has 100 valence electrons. The predicted molar refractivity (Wildman–Crippen MR) is 73.2 cm³/mol. The third-order valence-corrected chi connectivity index (χ3v) is 3.78. The van der Waals surface area contributed by atoms with Crippen LogP contribution in [0.2, 0.25) is 0 Å². The molecule has 1 N–H and O–H groups in total. The Labute approximate surface area is 111 Å². The second kappa shape index (κ2) is 4.30. The molecule has 0 bridgehead atoms. The second-order valence-electron chi connectivity index (χ2n) is 5.17. The summed E-state index contributed by atoms with van der Waals surface area (Å²) in [6.07, 6.45) is 1.55. The number of aromatic amines is 1. The second-order valence-corrected chi connectivity index (χ2v) is 5.17. The van der Waals surface area contributed by atoms with Crippen molar-refractivity contribution >= 4 is 16.7 Å². The van der Waals surface area contributed by atoms with Gasteiger partial charge in [0.25, 0.3) is 0 Å². The van der Waals surface area contributed by atoms with E-state index in [-0.39, 0.29) is 5.78 Å². The Balaban J connectivity index is 2.26. The van der Waals surface area contributed by atoms with Crippen molar-refractivity contribution in [3.05, 3.63) is 23.4 Å². The number of rotatable bonds is 2. The van der Waals surface area contributed by atoms with E-state index >= 15 is 0 Å². The van der Waals surface area contributed by atoms with E-state index < -0.39 is 0 Å². The van der Waals surface area contributed by atoms with Gasteiger partial charge in [-0.05, 0) is 24.0 Å². The van der Waals surface area contributed by atoms with Crippen molar-refractivity contribution in [2.45, 2.75) is 19.8 Å². The Morgan fingerprint density at radius 2 is 1.84 bits per heavy atom. The van der Waals surface area contributed by atoms with E-state index in [9.17, 15) is 4.79 Å². The molecule has 2 aromatic rings. The van der Waals surface area contributed by atoms with E-state index in [4.69, 9.17) is 9.47 Å². The molecule has 1 atom stereocenters. The lowest BCUT2D eigenvalue weighted by Gasteiger charge is -2.17. The third-order valence-electron chi connectivity index (χ3n) is 3.78. The maximum Gasteiger partial charge on any atom is 0.179 e. The molecule has 1 aliphatic rings. The number of aromatic nitrogens is 1. The van der Waals surface area contributed by atoms with Crippen LogP contribution in [0.25, 0.3) is 10.9 Å². The maximum absolute atomic E-state index is 12.1.